The van der Waals surface area contributed by atoms with Crippen LogP contribution in [0.15, 0.2) is 24.3 Å². The molecule has 0 unspecified atom stereocenters. The summed E-state index contributed by atoms with van der Waals surface area (Å²) in [6.07, 6.45) is 0. The number of halogens is 3. The quantitative estimate of drug-likeness (QED) is 0.619. The first-order valence-corrected chi connectivity index (χ1v) is 3.44. The molecular formula is C7H4BrF2. The summed E-state index contributed by atoms with van der Waals surface area (Å²) in [4.78, 5) is -2.95. The second kappa shape index (κ2) is 2.66. The van der Waals surface area contributed by atoms with Crippen LogP contribution >= 0.6 is 15.9 Å². The normalized spacial score (nSPS) is 11.5. The van der Waals surface area contributed by atoms with Gasteiger partial charge in [-0.05, 0) is 22.0 Å². The molecule has 0 nitrogen and oxygen atoms in total. The average molecular weight is 206 g/mol. The molecule has 1 rings (SSSR count). The fourth-order valence-electron chi connectivity index (χ4n) is 0.570. The molecule has 0 bridgehead atoms. The third-order valence-corrected chi connectivity index (χ3v) is 1.44. The molecule has 10 heavy (non-hydrogen) atoms. The molecule has 1 aromatic carbocycles. The molecule has 3 heteroatoms. The minimum atomic E-state index is -2.95. The van der Waals surface area contributed by atoms with Crippen LogP contribution in [0, 0.1) is 6.07 Å². The number of hydrogen-bond donors (Lipinski definition) is 0. The smallest absolute Gasteiger partial charge is 0.188 e. The zero-order valence-corrected chi connectivity index (χ0v) is 6.53. The van der Waals surface area contributed by atoms with Crippen LogP contribution < -0.4 is 0 Å². The molecule has 0 N–H and O–H groups in total. The van der Waals surface area contributed by atoms with Gasteiger partial charge in [0.15, 0.2) is 0 Å². The lowest BCUT2D eigenvalue weighted by molar-refractivity contribution is 0.114. The fourth-order valence-corrected chi connectivity index (χ4v) is 0.816. The summed E-state index contributed by atoms with van der Waals surface area (Å²) in [6, 6.07) is 8.36. The highest BCUT2D eigenvalue weighted by Crippen LogP contribution is 2.33. The van der Waals surface area contributed by atoms with Crippen LogP contribution in [0.4, 0.5) is 8.78 Å². The van der Waals surface area contributed by atoms with Crippen molar-refractivity contribution >= 4 is 15.9 Å². The summed E-state index contributed by atoms with van der Waals surface area (Å²) in [5.41, 5.74) is -0.144. The van der Waals surface area contributed by atoms with Crippen molar-refractivity contribution in [2.24, 2.45) is 0 Å². The molecule has 1 radical (unpaired) electrons. The molecule has 0 fully saturated rings. The van der Waals surface area contributed by atoms with Gasteiger partial charge in [-0.2, -0.15) is 8.78 Å². The van der Waals surface area contributed by atoms with E-state index in [1.807, 2.05) is 0 Å². The van der Waals surface area contributed by atoms with Crippen molar-refractivity contribution in [2.45, 2.75) is 4.83 Å². The maximum Gasteiger partial charge on any atom is 0.327 e. The van der Waals surface area contributed by atoms with E-state index in [1.54, 1.807) is 12.1 Å². The van der Waals surface area contributed by atoms with Gasteiger partial charge in [-0.3, -0.25) is 0 Å². The first-order chi connectivity index (χ1) is 4.61. The van der Waals surface area contributed by atoms with Crippen molar-refractivity contribution in [1.82, 2.24) is 0 Å². The summed E-state index contributed by atoms with van der Waals surface area (Å²) in [6.45, 7) is 0. The minimum Gasteiger partial charge on any atom is -0.188 e. The highest BCUT2D eigenvalue weighted by Gasteiger charge is 2.26. The molecule has 0 heterocycles. The number of rotatable bonds is 1. The minimum absolute atomic E-state index is 0.144. The largest absolute Gasteiger partial charge is 0.327 e. The third-order valence-electron chi connectivity index (χ3n) is 1.01. The Labute approximate surface area is 66.0 Å². The Hall–Kier alpha value is -0.440. The van der Waals surface area contributed by atoms with Crippen LogP contribution in [0.25, 0.3) is 0 Å². The lowest BCUT2D eigenvalue weighted by atomic mass is 10.2. The van der Waals surface area contributed by atoms with E-state index >= 15 is 0 Å². The first-order valence-electron chi connectivity index (χ1n) is 2.64. The van der Waals surface area contributed by atoms with Gasteiger partial charge in [0, 0.05) is 5.56 Å². The van der Waals surface area contributed by atoms with Crippen molar-refractivity contribution < 1.29 is 8.78 Å². The molecule has 53 valence electrons. The monoisotopic (exact) mass is 205 g/mol. The molecule has 0 atom stereocenters. The van der Waals surface area contributed by atoms with E-state index in [2.05, 4.69) is 22.0 Å². The van der Waals surface area contributed by atoms with E-state index in [4.69, 9.17) is 0 Å². The summed E-state index contributed by atoms with van der Waals surface area (Å²) < 4.78 is 24.7. The van der Waals surface area contributed by atoms with Crippen LogP contribution in [-0.2, 0) is 4.83 Å². The Morgan fingerprint density at radius 1 is 1.40 bits per heavy atom. The maximum absolute atomic E-state index is 12.3. The third kappa shape index (κ3) is 1.77. The van der Waals surface area contributed by atoms with E-state index in [9.17, 15) is 8.78 Å². The van der Waals surface area contributed by atoms with Crippen molar-refractivity contribution in [2.75, 3.05) is 0 Å². The zero-order chi connectivity index (χ0) is 7.61. The predicted octanol–water partition coefficient (Wildman–Crippen LogP) is 2.93. The van der Waals surface area contributed by atoms with Gasteiger partial charge in [0.1, 0.15) is 0 Å². The van der Waals surface area contributed by atoms with Gasteiger partial charge >= 0.3 is 4.83 Å². The number of hydrogen-bond acceptors (Lipinski definition) is 0. The predicted molar refractivity (Wildman–Crippen MR) is 38.1 cm³/mol. The molecule has 0 aromatic heterocycles. The van der Waals surface area contributed by atoms with Crippen molar-refractivity contribution in [3.8, 4) is 0 Å². The lowest BCUT2D eigenvalue weighted by Crippen LogP contribution is -2.01. The molecule has 0 saturated carbocycles. The molecule has 0 aliphatic rings. The van der Waals surface area contributed by atoms with Crippen molar-refractivity contribution in [3.05, 3.63) is 35.9 Å². The van der Waals surface area contributed by atoms with Crippen LogP contribution in [0.1, 0.15) is 5.56 Å². The first kappa shape index (κ1) is 7.66. The zero-order valence-electron chi connectivity index (χ0n) is 4.94. The van der Waals surface area contributed by atoms with E-state index in [0.29, 0.717) is 0 Å². The highest BCUT2D eigenvalue weighted by atomic mass is 79.9. The Morgan fingerprint density at radius 3 is 2.40 bits per heavy atom. The number of benzene rings is 1. The summed E-state index contributed by atoms with van der Waals surface area (Å²) >= 11 is 2.22. The lowest BCUT2D eigenvalue weighted by Gasteiger charge is -2.05. The van der Waals surface area contributed by atoms with Crippen LogP contribution in [0.3, 0.4) is 0 Å². The Bertz CT molecular complexity index is 203. The standard InChI is InChI=1S/C7H4BrF2/c8-7(9,10)6-4-2-1-3-5-6/h1-4H. The van der Waals surface area contributed by atoms with E-state index < -0.39 is 4.83 Å². The molecule has 0 aliphatic heterocycles. The molecular weight excluding hydrogens is 202 g/mol. The molecule has 0 spiro atoms. The summed E-state index contributed by atoms with van der Waals surface area (Å²) in [5.74, 6) is 0. The summed E-state index contributed by atoms with van der Waals surface area (Å²) in [7, 11) is 0. The van der Waals surface area contributed by atoms with Gasteiger partial charge in [0.2, 0.25) is 0 Å². The van der Waals surface area contributed by atoms with Crippen LogP contribution in [0.5, 0.6) is 0 Å². The van der Waals surface area contributed by atoms with E-state index in [0.717, 1.165) is 0 Å². The van der Waals surface area contributed by atoms with Gasteiger partial charge < -0.3 is 0 Å². The van der Waals surface area contributed by atoms with Crippen molar-refractivity contribution in [3.63, 3.8) is 0 Å². The average Bonchev–Trinajstić information content (AvgIpc) is 1.88. The van der Waals surface area contributed by atoms with Crippen molar-refractivity contribution in [1.29, 1.82) is 0 Å². The van der Waals surface area contributed by atoms with Gasteiger partial charge in [-0.1, -0.05) is 24.3 Å². The van der Waals surface area contributed by atoms with Crippen LogP contribution in [-0.4, -0.2) is 0 Å². The second-order valence-electron chi connectivity index (χ2n) is 1.77. The molecule has 0 saturated heterocycles. The maximum atomic E-state index is 12.3. The Morgan fingerprint density at radius 2 is 2.10 bits per heavy atom. The molecule has 0 amide bonds. The molecule has 0 aliphatic carbocycles. The van der Waals surface area contributed by atoms with E-state index in [1.165, 1.54) is 12.1 Å². The van der Waals surface area contributed by atoms with E-state index in [-0.39, 0.29) is 5.56 Å². The molecule has 1 aromatic rings. The second-order valence-corrected chi connectivity index (χ2v) is 2.77. The topological polar surface area (TPSA) is 0 Å². The summed E-state index contributed by atoms with van der Waals surface area (Å²) in [5, 5.41) is 0. The van der Waals surface area contributed by atoms with Gasteiger partial charge in [-0.15, -0.1) is 0 Å². The fraction of sp³-hybridized carbons (Fsp3) is 0.143. The Kier molecular flexibility index (Phi) is 2.04. The van der Waals surface area contributed by atoms with Gasteiger partial charge in [-0.25, -0.2) is 0 Å². The number of alkyl halides is 3. The highest BCUT2D eigenvalue weighted by molar-refractivity contribution is 9.09. The van der Waals surface area contributed by atoms with Gasteiger partial charge in [0.05, 0.1) is 0 Å². The van der Waals surface area contributed by atoms with Gasteiger partial charge in [0.25, 0.3) is 0 Å². The Balaban J connectivity index is 2.97. The SMILES string of the molecule is FC(F)(Br)c1[c]cccc1. The van der Waals surface area contributed by atoms with Crippen LogP contribution in [0.2, 0.25) is 0 Å².